The number of hydrogen-bond acceptors (Lipinski definition) is 14. The van der Waals surface area contributed by atoms with E-state index in [0.29, 0.717) is 46.6 Å². The van der Waals surface area contributed by atoms with Crippen LogP contribution in [0.25, 0.3) is 39.4 Å². The van der Waals surface area contributed by atoms with Gasteiger partial charge in [0.05, 0.1) is 41.9 Å². The van der Waals surface area contributed by atoms with E-state index < -0.39 is 18.1 Å². The number of benzene rings is 2. The highest BCUT2D eigenvalue weighted by Crippen LogP contribution is 2.37. The minimum Gasteiger partial charge on any atom is -0.507 e. The number of hydrogen-bond donors (Lipinski definition) is 4. The van der Waals surface area contributed by atoms with Gasteiger partial charge >= 0.3 is 0 Å². The minimum atomic E-state index is -0.804. The van der Waals surface area contributed by atoms with Crippen molar-refractivity contribution >= 4 is 29.2 Å². The molecule has 2 amide bonds. The van der Waals surface area contributed by atoms with Crippen LogP contribution in [0, 0.1) is 17.8 Å². The Hall–Kier alpha value is -7.09. The summed E-state index contributed by atoms with van der Waals surface area (Å²) < 4.78 is 18.2. The third-order valence-corrected chi connectivity index (χ3v) is 16.1. The predicted molar refractivity (Wildman–Crippen MR) is 283 cm³/mol. The van der Waals surface area contributed by atoms with Crippen molar-refractivity contribution in [3.8, 4) is 39.4 Å². The van der Waals surface area contributed by atoms with Crippen LogP contribution < -0.4 is 16.0 Å². The standard InChI is InChI=1S/C56H69N13O6/c1-34(2)52(55(73)69-31-41(70)25-48(69)54(72)60-35(3)38-9-11-39(12-10-38)47-13-18-58-64(47)4)50-26-51(63-75-50)66-21-14-36(15-22-66)28-65-19-16-42(17-20-65)74-43-23-37(24-43)29-68-30-40(27-59-68)45-32-67-33-46(61-56(67)62-53(45)57)44-7-5-6-8-49(44)71/h5-13,18,26-27,30,32-37,41-43,48,52,70-71H,14-17,19-25,28-29,31H2,1-4H3,(H,60,72)(H2,57,61,62)/t35-,37-,41+,43-,48-,52+/m0/s1. The number of β-amino-alcohol motifs (C(OH)–C–C–N with tert-alkyl or cyclic N) is 1. The number of aliphatic hydroxyl groups is 1. The van der Waals surface area contributed by atoms with Crippen LogP contribution in [-0.2, 0) is 27.9 Å². The number of nitrogens with two attached hydrogens (primary N) is 1. The van der Waals surface area contributed by atoms with Gasteiger partial charge in [0.15, 0.2) is 11.6 Å². The van der Waals surface area contributed by atoms with Gasteiger partial charge in [-0.1, -0.05) is 55.4 Å². The first-order chi connectivity index (χ1) is 36.3. The normalized spacial score (nSPS) is 21.7. The summed E-state index contributed by atoms with van der Waals surface area (Å²) in [7, 11) is 1.90. The van der Waals surface area contributed by atoms with E-state index in [1.807, 2.05) is 115 Å². The average molecular weight is 1020 g/mol. The molecule has 5 aromatic heterocycles. The highest BCUT2D eigenvalue weighted by molar-refractivity contribution is 5.91. The lowest BCUT2D eigenvalue weighted by Gasteiger charge is -2.41. The number of aromatic hydroxyl groups is 1. The Morgan fingerprint density at radius 1 is 0.853 bits per heavy atom. The number of carbonyl (C=O) groups excluding carboxylic acids is 2. The van der Waals surface area contributed by atoms with Crippen LogP contribution in [-0.4, -0.2) is 135 Å². The van der Waals surface area contributed by atoms with Gasteiger partial charge < -0.3 is 45.2 Å². The largest absolute Gasteiger partial charge is 0.507 e. The maximum Gasteiger partial charge on any atom is 0.243 e. The lowest BCUT2D eigenvalue weighted by Crippen LogP contribution is -2.48. The first kappa shape index (κ1) is 50.1. The molecule has 3 aliphatic heterocycles. The Kier molecular flexibility index (Phi) is 14.2. The topological polar surface area (TPSA) is 223 Å². The fraction of sp³-hybridized carbons (Fsp3) is 0.482. The smallest absolute Gasteiger partial charge is 0.243 e. The molecule has 0 unspecified atom stereocenters. The van der Waals surface area contributed by atoms with E-state index >= 15 is 0 Å². The van der Waals surface area contributed by atoms with Crippen molar-refractivity contribution in [3.63, 3.8) is 0 Å². The summed E-state index contributed by atoms with van der Waals surface area (Å²) in [6.07, 6.45) is 15.6. The molecule has 4 aliphatic rings. The molecule has 0 spiro atoms. The van der Waals surface area contributed by atoms with Gasteiger partial charge in [0.25, 0.3) is 0 Å². The number of imidazole rings is 1. The summed E-state index contributed by atoms with van der Waals surface area (Å²) in [5, 5.41) is 37.6. The summed E-state index contributed by atoms with van der Waals surface area (Å²) in [4.78, 5) is 43.7. The van der Waals surface area contributed by atoms with Crippen molar-refractivity contribution in [1.82, 2.24) is 54.2 Å². The van der Waals surface area contributed by atoms with E-state index in [1.165, 1.54) is 4.90 Å². The molecule has 11 rings (SSSR count). The lowest BCUT2D eigenvalue weighted by molar-refractivity contribution is -0.141. The molecular weight excluding hydrogens is 951 g/mol. The fourth-order valence-corrected chi connectivity index (χ4v) is 11.8. The molecule has 4 fully saturated rings. The summed E-state index contributed by atoms with van der Waals surface area (Å²) in [6, 6.07) is 17.9. The third-order valence-electron chi connectivity index (χ3n) is 16.1. The number of aromatic nitrogens is 8. The van der Waals surface area contributed by atoms with Gasteiger partial charge in [-0.2, -0.15) is 15.2 Å². The maximum absolute atomic E-state index is 14.4. The number of aliphatic hydroxyl groups excluding tert-OH is 1. The van der Waals surface area contributed by atoms with E-state index in [-0.39, 0.29) is 48.6 Å². The van der Waals surface area contributed by atoms with Crippen LogP contribution in [0.4, 0.5) is 11.6 Å². The first-order valence-electron chi connectivity index (χ1n) is 26.7. The number of para-hydroxylation sites is 1. The molecule has 19 heteroatoms. The highest BCUT2D eigenvalue weighted by Gasteiger charge is 2.44. The molecule has 7 aromatic rings. The molecule has 2 aromatic carbocycles. The second kappa shape index (κ2) is 21.3. The van der Waals surface area contributed by atoms with Crippen molar-refractivity contribution in [2.24, 2.45) is 24.8 Å². The van der Waals surface area contributed by atoms with Gasteiger partial charge in [0.1, 0.15) is 23.5 Å². The Bertz CT molecular complexity index is 3100. The van der Waals surface area contributed by atoms with Crippen molar-refractivity contribution < 1.29 is 29.1 Å². The predicted octanol–water partition coefficient (Wildman–Crippen LogP) is 6.69. The molecule has 75 heavy (non-hydrogen) atoms. The van der Waals surface area contributed by atoms with Gasteiger partial charge in [0.2, 0.25) is 17.6 Å². The molecule has 394 valence electrons. The third kappa shape index (κ3) is 10.8. The SMILES string of the molecule is CC(C)[C@@H](C(=O)N1C[C@H](O)C[C@H]1C(=O)N[C@@H](C)c1ccc(-c2ccnn2C)cc1)c1cc(N2CCC(CN3CCC(O[C@H]4C[C@H](Cn5cc(-c6cn7cc(-c8ccccc8O)nc7nc6N)cn5)C4)CC3)CC2)no1. The van der Waals surface area contributed by atoms with Gasteiger partial charge in [0, 0.05) is 107 Å². The fourth-order valence-electron chi connectivity index (χ4n) is 11.8. The van der Waals surface area contributed by atoms with Crippen LogP contribution in [0.5, 0.6) is 5.75 Å². The number of amides is 2. The van der Waals surface area contributed by atoms with Crippen molar-refractivity contribution in [3.05, 3.63) is 103 Å². The second-order valence-corrected chi connectivity index (χ2v) is 21.8. The second-order valence-electron chi connectivity index (χ2n) is 21.8. The Balaban J connectivity index is 0.606. The molecule has 0 radical (unpaired) electrons. The molecule has 3 saturated heterocycles. The van der Waals surface area contributed by atoms with Crippen LogP contribution in [0.15, 0.2) is 96.2 Å². The zero-order valence-electron chi connectivity index (χ0n) is 43.3. The van der Waals surface area contributed by atoms with E-state index in [1.54, 1.807) is 18.3 Å². The molecule has 8 heterocycles. The number of nitrogen functional groups attached to an aromatic ring is 1. The van der Waals surface area contributed by atoms with Crippen LogP contribution in [0.3, 0.4) is 0 Å². The number of ether oxygens (including phenoxy) is 1. The summed E-state index contributed by atoms with van der Waals surface area (Å²) in [5.74, 6) is 2.01. The van der Waals surface area contributed by atoms with E-state index in [0.717, 1.165) is 112 Å². The average Bonchev–Trinajstić information content (AvgIpc) is 4.27. The van der Waals surface area contributed by atoms with Gasteiger partial charge in [-0.25, -0.2) is 4.98 Å². The summed E-state index contributed by atoms with van der Waals surface area (Å²) in [6.45, 7) is 11.7. The van der Waals surface area contributed by atoms with Crippen molar-refractivity contribution in [1.29, 1.82) is 0 Å². The quantitative estimate of drug-likeness (QED) is 0.0792. The number of rotatable bonds is 16. The lowest BCUT2D eigenvalue weighted by atomic mass is 9.82. The van der Waals surface area contributed by atoms with Crippen LogP contribution in [0.1, 0.15) is 89.0 Å². The van der Waals surface area contributed by atoms with E-state index in [2.05, 4.69) is 40.4 Å². The molecule has 5 N–H and O–H groups in total. The van der Waals surface area contributed by atoms with Crippen LogP contribution >= 0.6 is 0 Å². The van der Waals surface area contributed by atoms with Gasteiger partial charge in [-0.05, 0) is 92.5 Å². The Labute approximate surface area is 436 Å². The summed E-state index contributed by atoms with van der Waals surface area (Å²) >= 11 is 0. The number of fused-ring (bicyclic) bond motifs is 1. The number of aryl methyl sites for hydroxylation is 1. The number of nitrogens with zero attached hydrogens (tertiary/aromatic N) is 11. The van der Waals surface area contributed by atoms with Gasteiger partial charge in [-0.3, -0.25) is 23.4 Å². The molecule has 0 bridgehead atoms. The number of piperidine rings is 2. The number of likely N-dealkylation sites (tertiary alicyclic amines) is 2. The Morgan fingerprint density at radius 2 is 1.63 bits per heavy atom. The number of carbonyl (C=O) groups is 2. The number of phenolic OH excluding ortho intramolecular Hbond substituents is 1. The highest BCUT2D eigenvalue weighted by atomic mass is 16.5. The minimum absolute atomic E-state index is 0.0823. The zero-order chi connectivity index (χ0) is 51.9. The number of anilines is 2. The Morgan fingerprint density at radius 3 is 2.36 bits per heavy atom. The number of phenols is 1. The monoisotopic (exact) mass is 1020 g/mol. The first-order valence-corrected chi connectivity index (χ1v) is 26.7. The van der Waals surface area contributed by atoms with Crippen molar-refractivity contribution in [2.75, 3.05) is 49.9 Å². The van der Waals surface area contributed by atoms with Crippen molar-refractivity contribution in [2.45, 2.75) is 109 Å². The van der Waals surface area contributed by atoms with Gasteiger partial charge in [-0.15, -0.1) is 0 Å². The van der Waals surface area contributed by atoms with E-state index in [9.17, 15) is 19.8 Å². The molecular formula is C56H69N13O6. The molecule has 4 atom stereocenters. The maximum atomic E-state index is 14.4. The molecule has 1 aliphatic carbocycles. The molecule has 19 nitrogen and oxygen atoms in total. The number of nitrogens with one attached hydrogen (secondary N) is 1. The molecule has 1 saturated carbocycles. The van der Waals surface area contributed by atoms with E-state index in [4.69, 9.17) is 15.0 Å². The summed E-state index contributed by atoms with van der Waals surface area (Å²) in [5.41, 5.74) is 12.3. The van der Waals surface area contributed by atoms with Crippen LogP contribution in [0.2, 0.25) is 0 Å². The zero-order valence-corrected chi connectivity index (χ0v) is 43.3.